The SMILES string of the molecule is N#Cc1nc2c3nc(C#N)c(C#N)nc3c3nc(N(c4ccccc4)c4ccccc4)c(C#N)nc3c2nc1C#N. The van der Waals surface area contributed by atoms with E-state index in [4.69, 9.17) is 4.98 Å². The molecule has 6 aromatic rings. The summed E-state index contributed by atoms with van der Waals surface area (Å²) in [5.41, 5.74) is 0.579. The van der Waals surface area contributed by atoms with Crippen molar-refractivity contribution < 1.29 is 0 Å². The molecule has 0 saturated carbocycles. The second kappa shape index (κ2) is 9.67. The lowest BCUT2D eigenvalue weighted by atomic mass is 10.1. The van der Waals surface area contributed by atoms with Gasteiger partial charge in [-0.15, -0.1) is 0 Å². The van der Waals surface area contributed by atoms with Gasteiger partial charge in [-0.1, -0.05) is 36.4 Å². The van der Waals surface area contributed by atoms with Crippen LogP contribution in [0.15, 0.2) is 60.7 Å². The zero-order valence-corrected chi connectivity index (χ0v) is 20.6. The van der Waals surface area contributed by atoms with E-state index in [1.807, 2.05) is 84.9 Å². The number of nitriles is 5. The average molecular weight is 526 g/mol. The van der Waals surface area contributed by atoms with Gasteiger partial charge in [0.1, 0.15) is 63.4 Å². The topological polar surface area (TPSA) is 200 Å². The van der Waals surface area contributed by atoms with Crippen molar-refractivity contribution in [2.45, 2.75) is 0 Å². The van der Waals surface area contributed by atoms with Crippen LogP contribution >= 0.6 is 0 Å². The lowest BCUT2D eigenvalue weighted by Crippen LogP contribution is -2.15. The Kier molecular flexibility index (Phi) is 5.72. The first-order valence-electron chi connectivity index (χ1n) is 11.8. The quantitative estimate of drug-likeness (QED) is 0.296. The molecular weight excluding hydrogens is 516 g/mol. The molecule has 0 N–H and O–H groups in total. The van der Waals surface area contributed by atoms with Crippen LogP contribution in [0.25, 0.3) is 33.1 Å². The maximum Gasteiger partial charge on any atom is 0.184 e. The molecule has 0 aliphatic carbocycles. The molecule has 3 heterocycles. The normalized spacial score (nSPS) is 10.3. The van der Waals surface area contributed by atoms with Crippen LogP contribution in [0.3, 0.4) is 0 Å². The van der Waals surface area contributed by atoms with Gasteiger partial charge in [0.15, 0.2) is 34.3 Å². The zero-order valence-electron chi connectivity index (χ0n) is 20.6. The molecule has 0 saturated heterocycles. The Bertz CT molecular complexity index is 2170. The number of hydrogen-bond acceptors (Lipinski definition) is 12. The minimum Gasteiger partial charge on any atom is -0.293 e. The molecule has 0 unspecified atom stereocenters. The summed E-state index contributed by atoms with van der Waals surface area (Å²) in [5, 5.41) is 48.7. The molecule has 3 aromatic carbocycles. The van der Waals surface area contributed by atoms with Gasteiger partial charge in [-0.2, -0.15) is 26.3 Å². The van der Waals surface area contributed by atoms with Crippen LogP contribution in [-0.2, 0) is 0 Å². The number of aromatic nitrogens is 6. The third-order valence-corrected chi connectivity index (χ3v) is 6.11. The highest BCUT2D eigenvalue weighted by Gasteiger charge is 2.25. The Morgan fingerprint density at radius 1 is 0.390 bits per heavy atom. The van der Waals surface area contributed by atoms with Crippen molar-refractivity contribution in [2.75, 3.05) is 4.90 Å². The molecule has 0 aliphatic heterocycles. The Morgan fingerprint density at radius 3 is 1.00 bits per heavy atom. The highest BCUT2D eigenvalue weighted by molar-refractivity contribution is 6.18. The van der Waals surface area contributed by atoms with E-state index < -0.39 is 0 Å². The van der Waals surface area contributed by atoms with E-state index in [9.17, 15) is 26.3 Å². The summed E-state index contributed by atoms with van der Waals surface area (Å²) in [6, 6.07) is 28.0. The molecule has 3 aromatic heterocycles. The first kappa shape index (κ1) is 24.3. The van der Waals surface area contributed by atoms with Crippen molar-refractivity contribution in [3.05, 3.63) is 89.1 Å². The van der Waals surface area contributed by atoms with Crippen molar-refractivity contribution in [1.82, 2.24) is 29.9 Å². The molecule has 12 nitrogen and oxygen atoms in total. The number of benzene rings is 3. The van der Waals surface area contributed by atoms with Gasteiger partial charge in [-0.05, 0) is 24.3 Å². The van der Waals surface area contributed by atoms with E-state index in [-0.39, 0.29) is 67.4 Å². The molecule has 12 heteroatoms. The summed E-state index contributed by atoms with van der Waals surface area (Å²) in [4.78, 5) is 28.5. The molecule has 0 aliphatic rings. The molecule has 0 fully saturated rings. The standard InChI is InChI=1S/C29H10N12/c30-11-18-19(12-31)37-25-23(35-18)24-26(38-21(14-33)20(13-32)36-24)28-27(25)39-22(15-34)29(40-28)41(16-7-3-1-4-8-16)17-9-5-2-6-10-17/h1-10H. The summed E-state index contributed by atoms with van der Waals surface area (Å²) in [6.45, 7) is 0. The van der Waals surface area contributed by atoms with E-state index in [2.05, 4.69) is 31.0 Å². The maximum atomic E-state index is 10.2. The number of para-hydroxylation sites is 2. The van der Waals surface area contributed by atoms with Gasteiger partial charge in [-0.3, -0.25) is 4.90 Å². The number of fused-ring (bicyclic) bond motifs is 6. The predicted molar refractivity (Wildman–Crippen MR) is 144 cm³/mol. The van der Waals surface area contributed by atoms with Crippen LogP contribution in [0.4, 0.5) is 17.2 Å². The van der Waals surface area contributed by atoms with E-state index >= 15 is 0 Å². The van der Waals surface area contributed by atoms with Gasteiger partial charge in [0.2, 0.25) is 0 Å². The first-order chi connectivity index (χ1) is 20.1. The number of rotatable bonds is 3. The smallest absolute Gasteiger partial charge is 0.184 e. The van der Waals surface area contributed by atoms with Crippen LogP contribution < -0.4 is 4.90 Å². The minimum atomic E-state index is -0.269. The maximum absolute atomic E-state index is 10.2. The van der Waals surface area contributed by atoms with Crippen LogP contribution in [-0.4, -0.2) is 29.9 Å². The average Bonchev–Trinajstić information content (AvgIpc) is 3.04. The Labute approximate surface area is 230 Å². The number of anilines is 3. The van der Waals surface area contributed by atoms with Crippen LogP contribution in [0, 0.1) is 56.7 Å². The van der Waals surface area contributed by atoms with Crippen LogP contribution in [0.2, 0.25) is 0 Å². The van der Waals surface area contributed by atoms with E-state index in [0.29, 0.717) is 11.4 Å². The fraction of sp³-hybridized carbons (Fsp3) is 0. The minimum absolute atomic E-state index is 0.0189. The fourth-order valence-electron chi connectivity index (χ4n) is 4.38. The molecule has 0 bridgehead atoms. The monoisotopic (exact) mass is 526 g/mol. The summed E-state index contributed by atoms with van der Waals surface area (Å²) in [6.07, 6.45) is 0. The van der Waals surface area contributed by atoms with Crippen molar-refractivity contribution in [3.63, 3.8) is 0 Å². The lowest BCUT2D eigenvalue weighted by Gasteiger charge is -2.25. The third-order valence-electron chi connectivity index (χ3n) is 6.11. The van der Waals surface area contributed by atoms with Crippen LogP contribution in [0.5, 0.6) is 0 Å². The van der Waals surface area contributed by atoms with Gasteiger partial charge in [-0.25, -0.2) is 29.9 Å². The highest BCUT2D eigenvalue weighted by atomic mass is 15.2. The van der Waals surface area contributed by atoms with Crippen molar-refractivity contribution >= 4 is 50.3 Å². The van der Waals surface area contributed by atoms with Gasteiger partial charge >= 0.3 is 0 Å². The second-order valence-corrected chi connectivity index (χ2v) is 8.39. The summed E-state index contributed by atoms with van der Waals surface area (Å²) >= 11 is 0. The Hall–Kier alpha value is -7.07. The predicted octanol–water partition coefficient (Wildman–Crippen LogP) is 4.34. The van der Waals surface area contributed by atoms with E-state index in [1.165, 1.54) is 0 Å². The Morgan fingerprint density at radius 2 is 0.683 bits per heavy atom. The van der Waals surface area contributed by atoms with Crippen LogP contribution in [0.1, 0.15) is 28.5 Å². The fourth-order valence-corrected chi connectivity index (χ4v) is 4.38. The Balaban J connectivity index is 1.83. The van der Waals surface area contributed by atoms with E-state index in [0.717, 1.165) is 0 Å². The zero-order chi connectivity index (χ0) is 28.5. The summed E-state index contributed by atoms with van der Waals surface area (Å²) < 4.78 is 0. The highest BCUT2D eigenvalue weighted by Crippen LogP contribution is 2.38. The first-order valence-corrected chi connectivity index (χ1v) is 11.8. The molecule has 41 heavy (non-hydrogen) atoms. The number of hydrogen-bond donors (Lipinski definition) is 0. The third kappa shape index (κ3) is 3.81. The molecule has 6 rings (SSSR count). The van der Waals surface area contributed by atoms with Crippen molar-refractivity contribution in [2.24, 2.45) is 0 Å². The van der Waals surface area contributed by atoms with Gasteiger partial charge < -0.3 is 0 Å². The van der Waals surface area contributed by atoms with Gasteiger partial charge in [0.25, 0.3) is 0 Å². The lowest BCUT2D eigenvalue weighted by molar-refractivity contribution is 1.13. The van der Waals surface area contributed by atoms with Crippen molar-refractivity contribution in [3.8, 4) is 30.3 Å². The molecule has 0 atom stereocenters. The molecular formula is C29H10N12. The number of nitrogens with zero attached hydrogens (tertiary/aromatic N) is 12. The van der Waals surface area contributed by atoms with E-state index in [1.54, 1.807) is 4.90 Å². The summed E-state index contributed by atoms with van der Waals surface area (Å²) in [7, 11) is 0. The van der Waals surface area contributed by atoms with Crippen molar-refractivity contribution in [1.29, 1.82) is 26.3 Å². The largest absolute Gasteiger partial charge is 0.293 e. The van der Waals surface area contributed by atoms with Gasteiger partial charge in [0.05, 0.1) is 0 Å². The molecule has 186 valence electrons. The van der Waals surface area contributed by atoms with Gasteiger partial charge in [0, 0.05) is 11.4 Å². The molecule has 0 amide bonds. The second-order valence-electron chi connectivity index (χ2n) is 8.39. The molecule has 0 radical (unpaired) electrons. The summed E-state index contributed by atoms with van der Waals surface area (Å²) in [5.74, 6) is 0.157. The molecule has 0 spiro atoms.